The second-order valence-electron chi connectivity index (χ2n) is 4.78. The van der Waals surface area contributed by atoms with Crippen LogP contribution in [-0.4, -0.2) is 27.3 Å². The lowest BCUT2D eigenvalue weighted by Gasteiger charge is -2.17. The quantitative estimate of drug-likeness (QED) is 0.649. The molecule has 0 spiro atoms. The molecular weight excluding hydrogens is 200 g/mol. The Morgan fingerprint density at radius 3 is 2.21 bits per heavy atom. The minimum atomic E-state index is -3.28. The molecule has 0 saturated heterocycles. The van der Waals surface area contributed by atoms with Gasteiger partial charge in [-0.15, -0.1) is 0 Å². The standard InChI is InChI=1S/C9H22N2O2S/c1-9(2,3)5-7-11-6-4-8-14(10,12)13/h11H,4-8H2,1-3H3,(H2,10,12,13). The number of nitrogens with one attached hydrogen (secondary N) is 1. The molecule has 4 nitrogen and oxygen atoms in total. The van der Waals surface area contributed by atoms with Crippen LogP contribution in [0.25, 0.3) is 0 Å². The number of hydrogen-bond donors (Lipinski definition) is 2. The van der Waals surface area contributed by atoms with Gasteiger partial charge in [0.05, 0.1) is 5.75 Å². The summed E-state index contributed by atoms with van der Waals surface area (Å²) in [5, 5.41) is 8.06. The molecule has 0 aliphatic rings. The van der Waals surface area contributed by atoms with E-state index in [1.54, 1.807) is 0 Å². The van der Waals surface area contributed by atoms with Crippen LogP contribution in [-0.2, 0) is 10.0 Å². The molecular formula is C9H22N2O2S. The van der Waals surface area contributed by atoms with Gasteiger partial charge in [-0.3, -0.25) is 0 Å². The number of rotatable bonds is 6. The zero-order valence-electron chi connectivity index (χ0n) is 9.34. The first kappa shape index (κ1) is 13.9. The molecule has 5 heteroatoms. The Morgan fingerprint density at radius 1 is 1.21 bits per heavy atom. The Morgan fingerprint density at radius 2 is 1.79 bits per heavy atom. The van der Waals surface area contributed by atoms with E-state index in [2.05, 4.69) is 26.1 Å². The van der Waals surface area contributed by atoms with E-state index in [-0.39, 0.29) is 5.75 Å². The maximum Gasteiger partial charge on any atom is 0.209 e. The van der Waals surface area contributed by atoms with Crippen LogP contribution in [0, 0.1) is 5.41 Å². The number of nitrogens with two attached hydrogens (primary N) is 1. The van der Waals surface area contributed by atoms with Gasteiger partial charge < -0.3 is 5.32 Å². The average molecular weight is 222 g/mol. The van der Waals surface area contributed by atoms with Gasteiger partial charge in [-0.05, 0) is 31.3 Å². The molecule has 0 rings (SSSR count). The molecule has 3 N–H and O–H groups in total. The van der Waals surface area contributed by atoms with Crippen LogP contribution in [0.2, 0.25) is 0 Å². The zero-order valence-corrected chi connectivity index (χ0v) is 10.2. The Kier molecular flexibility index (Phi) is 5.63. The van der Waals surface area contributed by atoms with Gasteiger partial charge in [-0.25, -0.2) is 13.6 Å². The summed E-state index contributed by atoms with van der Waals surface area (Å²) in [4.78, 5) is 0. The van der Waals surface area contributed by atoms with Gasteiger partial charge in [0.2, 0.25) is 10.0 Å². The Hall–Kier alpha value is -0.130. The predicted octanol–water partition coefficient (Wildman–Crippen LogP) is 0.691. The summed E-state index contributed by atoms with van der Waals surface area (Å²) in [6.45, 7) is 8.18. The predicted molar refractivity (Wildman–Crippen MR) is 59.5 cm³/mol. The SMILES string of the molecule is CC(C)(C)CCNCCCS(N)(=O)=O. The van der Waals surface area contributed by atoms with Crippen LogP contribution in [0.3, 0.4) is 0 Å². The Balaban J connectivity index is 3.32. The highest BCUT2D eigenvalue weighted by Gasteiger charge is 2.08. The number of sulfonamides is 1. The molecule has 0 aliphatic carbocycles. The van der Waals surface area contributed by atoms with Crippen molar-refractivity contribution in [1.29, 1.82) is 0 Å². The average Bonchev–Trinajstić information content (AvgIpc) is 1.92. The van der Waals surface area contributed by atoms with Crippen molar-refractivity contribution >= 4 is 10.0 Å². The minimum Gasteiger partial charge on any atom is -0.317 e. The molecule has 0 heterocycles. The van der Waals surface area contributed by atoms with Crippen molar-refractivity contribution in [2.45, 2.75) is 33.6 Å². The molecule has 0 fully saturated rings. The zero-order chi connectivity index (χ0) is 11.2. The van der Waals surface area contributed by atoms with Crippen molar-refractivity contribution in [3.63, 3.8) is 0 Å². The summed E-state index contributed by atoms with van der Waals surface area (Å²) in [7, 11) is -3.28. The molecule has 0 saturated carbocycles. The highest BCUT2D eigenvalue weighted by molar-refractivity contribution is 7.89. The third kappa shape index (κ3) is 11.9. The lowest BCUT2D eigenvalue weighted by Crippen LogP contribution is -2.24. The van der Waals surface area contributed by atoms with Crippen LogP contribution in [0.5, 0.6) is 0 Å². The van der Waals surface area contributed by atoms with Crippen LogP contribution >= 0.6 is 0 Å². The number of hydrogen-bond acceptors (Lipinski definition) is 3. The molecule has 0 aromatic rings. The molecule has 0 amide bonds. The van der Waals surface area contributed by atoms with E-state index in [0.717, 1.165) is 13.0 Å². The molecule has 14 heavy (non-hydrogen) atoms. The molecule has 0 radical (unpaired) electrons. The topological polar surface area (TPSA) is 72.2 Å². The first-order chi connectivity index (χ1) is 6.21. The van der Waals surface area contributed by atoms with Crippen molar-refractivity contribution < 1.29 is 8.42 Å². The lowest BCUT2D eigenvalue weighted by molar-refractivity contribution is 0.367. The molecule has 86 valence electrons. The van der Waals surface area contributed by atoms with Gasteiger partial charge in [0.25, 0.3) is 0 Å². The van der Waals surface area contributed by atoms with Crippen molar-refractivity contribution in [1.82, 2.24) is 5.32 Å². The van der Waals surface area contributed by atoms with E-state index in [9.17, 15) is 8.42 Å². The van der Waals surface area contributed by atoms with E-state index in [1.807, 2.05) is 0 Å². The first-order valence-corrected chi connectivity index (χ1v) is 6.63. The van der Waals surface area contributed by atoms with Crippen LogP contribution < -0.4 is 10.5 Å². The van der Waals surface area contributed by atoms with Crippen molar-refractivity contribution in [3.8, 4) is 0 Å². The van der Waals surface area contributed by atoms with Gasteiger partial charge in [0.15, 0.2) is 0 Å². The second kappa shape index (κ2) is 5.68. The highest BCUT2D eigenvalue weighted by Crippen LogP contribution is 2.16. The van der Waals surface area contributed by atoms with E-state index in [0.29, 0.717) is 18.4 Å². The van der Waals surface area contributed by atoms with E-state index >= 15 is 0 Å². The monoisotopic (exact) mass is 222 g/mol. The largest absolute Gasteiger partial charge is 0.317 e. The Labute approximate surface area is 87.3 Å². The third-order valence-electron chi connectivity index (χ3n) is 1.83. The molecule has 0 atom stereocenters. The van der Waals surface area contributed by atoms with Crippen molar-refractivity contribution in [2.24, 2.45) is 10.6 Å². The summed E-state index contributed by atoms with van der Waals surface area (Å²) in [6, 6.07) is 0. The highest BCUT2D eigenvalue weighted by atomic mass is 32.2. The van der Waals surface area contributed by atoms with E-state index < -0.39 is 10.0 Å². The van der Waals surface area contributed by atoms with Crippen LogP contribution in [0.4, 0.5) is 0 Å². The van der Waals surface area contributed by atoms with Gasteiger partial charge in [-0.2, -0.15) is 0 Å². The van der Waals surface area contributed by atoms with Crippen LogP contribution in [0.1, 0.15) is 33.6 Å². The fraction of sp³-hybridized carbons (Fsp3) is 1.00. The molecule has 0 bridgehead atoms. The maximum atomic E-state index is 10.6. The van der Waals surface area contributed by atoms with E-state index in [4.69, 9.17) is 5.14 Å². The molecule has 0 aromatic carbocycles. The summed E-state index contributed by atoms with van der Waals surface area (Å²) in [6.07, 6.45) is 1.67. The second-order valence-corrected chi connectivity index (χ2v) is 6.52. The molecule has 0 aromatic heterocycles. The number of primary sulfonamides is 1. The first-order valence-electron chi connectivity index (χ1n) is 4.92. The van der Waals surface area contributed by atoms with Gasteiger partial charge in [0, 0.05) is 0 Å². The fourth-order valence-electron chi connectivity index (χ4n) is 0.987. The molecule has 0 unspecified atom stereocenters. The summed E-state index contributed by atoms with van der Waals surface area (Å²) in [5.74, 6) is 0.0650. The smallest absolute Gasteiger partial charge is 0.209 e. The lowest BCUT2D eigenvalue weighted by atomic mass is 9.92. The third-order valence-corrected chi connectivity index (χ3v) is 2.69. The van der Waals surface area contributed by atoms with E-state index in [1.165, 1.54) is 0 Å². The Bertz CT molecular complexity index is 242. The maximum absolute atomic E-state index is 10.6. The molecule has 0 aliphatic heterocycles. The summed E-state index contributed by atoms with van der Waals surface area (Å²) in [5.41, 5.74) is 0.326. The van der Waals surface area contributed by atoms with Gasteiger partial charge in [0.1, 0.15) is 0 Å². The van der Waals surface area contributed by atoms with Crippen LogP contribution in [0.15, 0.2) is 0 Å². The fourth-order valence-corrected chi connectivity index (χ4v) is 1.53. The summed E-state index contributed by atoms with van der Waals surface area (Å²) < 4.78 is 21.1. The van der Waals surface area contributed by atoms with Crippen molar-refractivity contribution in [3.05, 3.63) is 0 Å². The minimum absolute atomic E-state index is 0.0650. The van der Waals surface area contributed by atoms with Gasteiger partial charge >= 0.3 is 0 Å². The summed E-state index contributed by atoms with van der Waals surface area (Å²) >= 11 is 0. The normalized spacial score (nSPS) is 13.1. The van der Waals surface area contributed by atoms with Gasteiger partial charge in [-0.1, -0.05) is 20.8 Å². The van der Waals surface area contributed by atoms with Crippen molar-refractivity contribution in [2.75, 3.05) is 18.8 Å².